The number of pyridine rings is 1. The third-order valence-electron chi connectivity index (χ3n) is 3.50. The van der Waals surface area contributed by atoms with Crippen LogP contribution in [0, 0.1) is 6.92 Å². The molecule has 2 N–H and O–H groups in total. The van der Waals surface area contributed by atoms with Crippen molar-refractivity contribution in [1.29, 1.82) is 0 Å². The van der Waals surface area contributed by atoms with Crippen molar-refractivity contribution < 1.29 is 27.5 Å². The first kappa shape index (κ1) is 17.5. The summed E-state index contributed by atoms with van der Waals surface area (Å²) in [5.74, 6) is -0.815. The van der Waals surface area contributed by atoms with E-state index in [-0.39, 0.29) is 11.7 Å². The zero-order valence-electron chi connectivity index (χ0n) is 13.3. The van der Waals surface area contributed by atoms with Gasteiger partial charge in [0.25, 0.3) is 6.01 Å². The van der Waals surface area contributed by atoms with E-state index in [9.17, 15) is 18.0 Å². The van der Waals surface area contributed by atoms with Crippen molar-refractivity contribution in [3.63, 3.8) is 0 Å². The maximum atomic E-state index is 12.6. The molecule has 0 unspecified atom stereocenters. The zero-order valence-corrected chi connectivity index (χ0v) is 13.3. The van der Waals surface area contributed by atoms with Gasteiger partial charge in [0, 0.05) is 5.56 Å². The van der Waals surface area contributed by atoms with E-state index in [0.717, 1.165) is 12.1 Å². The van der Waals surface area contributed by atoms with E-state index >= 15 is 0 Å². The van der Waals surface area contributed by atoms with Crippen LogP contribution in [-0.2, 0) is 6.18 Å². The van der Waals surface area contributed by atoms with Crippen LogP contribution in [0.3, 0.4) is 0 Å². The van der Waals surface area contributed by atoms with Crippen LogP contribution in [0.15, 0.2) is 47.0 Å². The lowest BCUT2D eigenvalue weighted by Gasteiger charge is -2.06. The van der Waals surface area contributed by atoms with Gasteiger partial charge in [-0.05, 0) is 31.2 Å². The molecule has 134 valence electrons. The lowest BCUT2D eigenvalue weighted by atomic mass is 10.1. The van der Waals surface area contributed by atoms with Crippen molar-refractivity contribution in [2.24, 2.45) is 0 Å². The summed E-state index contributed by atoms with van der Waals surface area (Å²) >= 11 is 0. The number of benzene rings is 1. The summed E-state index contributed by atoms with van der Waals surface area (Å²) in [5.41, 5.74) is 0.541. The molecule has 26 heavy (non-hydrogen) atoms. The fourth-order valence-corrected chi connectivity index (χ4v) is 2.25. The molecule has 0 bridgehead atoms. The minimum Gasteiger partial charge on any atom is -0.477 e. The second kappa shape index (κ2) is 6.51. The lowest BCUT2D eigenvalue weighted by molar-refractivity contribution is -0.137. The van der Waals surface area contributed by atoms with Crippen molar-refractivity contribution in [2.75, 3.05) is 5.32 Å². The summed E-state index contributed by atoms with van der Waals surface area (Å²) < 4.78 is 43.5. The Bertz CT molecular complexity index is 933. The van der Waals surface area contributed by atoms with Gasteiger partial charge in [-0.15, -0.1) is 0 Å². The maximum Gasteiger partial charge on any atom is 0.416 e. The number of rotatable bonds is 4. The number of hydrogen-bond acceptors (Lipinski definition) is 5. The Morgan fingerprint density at radius 2 is 1.85 bits per heavy atom. The summed E-state index contributed by atoms with van der Waals surface area (Å²) in [7, 11) is 0. The first-order valence-electron chi connectivity index (χ1n) is 7.35. The summed E-state index contributed by atoms with van der Waals surface area (Å²) in [6, 6.07) is 7.48. The Kier molecular flexibility index (Phi) is 4.37. The van der Waals surface area contributed by atoms with E-state index in [4.69, 9.17) is 9.52 Å². The molecule has 6 nitrogen and oxygen atoms in total. The quantitative estimate of drug-likeness (QED) is 0.709. The van der Waals surface area contributed by atoms with Crippen LogP contribution in [0.2, 0.25) is 0 Å². The molecule has 0 saturated carbocycles. The smallest absolute Gasteiger partial charge is 0.416 e. The van der Waals surface area contributed by atoms with Gasteiger partial charge in [0.05, 0.1) is 23.1 Å². The number of aromatic nitrogens is 2. The minimum absolute atomic E-state index is 0.107. The average Bonchev–Trinajstić information content (AvgIpc) is 2.95. The van der Waals surface area contributed by atoms with E-state index in [1.807, 2.05) is 0 Å². The third-order valence-corrected chi connectivity index (χ3v) is 3.50. The normalized spacial score (nSPS) is 11.4. The number of carboxylic acids is 1. The van der Waals surface area contributed by atoms with Crippen LogP contribution in [0.5, 0.6) is 0 Å². The second-order valence-electron chi connectivity index (χ2n) is 5.37. The monoisotopic (exact) mass is 363 g/mol. The number of nitrogens with zero attached hydrogens (tertiary/aromatic N) is 2. The van der Waals surface area contributed by atoms with Crippen molar-refractivity contribution in [1.82, 2.24) is 9.97 Å². The summed E-state index contributed by atoms with van der Waals surface area (Å²) in [6.45, 7) is 1.66. The number of carboxylic acid groups (broad SMARTS) is 1. The number of alkyl halides is 3. The Balaban J connectivity index is 1.81. The molecule has 0 spiro atoms. The van der Waals surface area contributed by atoms with Crippen molar-refractivity contribution in [3.8, 4) is 11.3 Å². The fraction of sp³-hybridized carbons (Fsp3) is 0.118. The minimum atomic E-state index is -4.41. The first-order chi connectivity index (χ1) is 12.2. The summed E-state index contributed by atoms with van der Waals surface area (Å²) in [6.07, 6.45) is -3.10. The number of hydrogen-bond donors (Lipinski definition) is 2. The molecule has 3 aromatic rings. The third kappa shape index (κ3) is 3.66. The van der Waals surface area contributed by atoms with Crippen molar-refractivity contribution >= 4 is 17.7 Å². The molecule has 2 heterocycles. The molecule has 1 aromatic carbocycles. The fourth-order valence-electron chi connectivity index (χ4n) is 2.25. The Morgan fingerprint density at radius 1 is 1.15 bits per heavy atom. The number of halogens is 3. The standard InChI is InChI=1S/C17H12F3N3O3/c1-9-14(10-2-4-11(5-3-10)17(18,19)20)26-16(22-9)23-12-6-7-13(15(24)25)21-8-12/h2-8H,1H3,(H,22,23)(H,24,25). The van der Waals surface area contributed by atoms with Gasteiger partial charge in [0.1, 0.15) is 5.69 Å². The van der Waals surface area contributed by atoms with E-state index in [1.165, 1.54) is 30.5 Å². The zero-order chi connectivity index (χ0) is 18.9. The average molecular weight is 363 g/mol. The molecule has 0 aliphatic carbocycles. The van der Waals surface area contributed by atoms with Gasteiger partial charge < -0.3 is 14.8 Å². The molecule has 0 amide bonds. The van der Waals surface area contributed by atoms with E-state index < -0.39 is 17.7 Å². The van der Waals surface area contributed by atoms with Crippen LogP contribution >= 0.6 is 0 Å². The number of oxazole rings is 1. The number of anilines is 2. The van der Waals surface area contributed by atoms with E-state index in [1.54, 1.807) is 6.92 Å². The molecule has 3 rings (SSSR count). The van der Waals surface area contributed by atoms with Crippen LogP contribution in [0.4, 0.5) is 24.9 Å². The van der Waals surface area contributed by atoms with Gasteiger partial charge >= 0.3 is 12.1 Å². The summed E-state index contributed by atoms with van der Waals surface area (Å²) in [5, 5.41) is 11.6. The molecule has 0 radical (unpaired) electrons. The van der Waals surface area contributed by atoms with Crippen LogP contribution in [0.1, 0.15) is 21.7 Å². The highest BCUT2D eigenvalue weighted by Crippen LogP contribution is 2.33. The van der Waals surface area contributed by atoms with Gasteiger partial charge in [-0.2, -0.15) is 18.2 Å². The maximum absolute atomic E-state index is 12.6. The Hall–Kier alpha value is -3.36. The molecule has 0 aliphatic rings. The Morgan fingerprint density at radius 3 is 2.38 bits per heavy atom. The highest BCUT2D eigenvalue weighted by Gasteiger charge is 2.30. The molecule has 0 saturated heterocycles. The van der Waals surface area contributed by atoms with Crippen LogP contribution < -0.4 is 5.32 Å². The van der Waals surface area contributed by atoms with Gasteiger partial charge in [-0.3, -0.25) is 0 Å². The van der Waals surface area contributed by atoms with Crippen LogP contribution in [0.25, 0.3) is 11.3 Å². The first-order valence-corrected chi connectivity index (χ1v) is 7.35. The van der Waals surface area contributed by atoms with Gasteiger partial charge in [-0.1, -0.05) is 12.1 Å². The van der Waals surface area contributed by atoms with Gasteiger partial charge in [0.2, 0.25) is 0 Å². The van der Waals surface area contributed by atoms with Gasteiger partial charge in [0.15, 0.2) is 5.76 Å². The largest absolute Gasteiger partial charge is 0.477 e. The molecule has 0 atom stereocenters. The summed E-state index contributed by atoms with van der Waals surface area (Å²) in [4.78, 5) is 18.7. The number of aryl methyl sites for hydroxylation is 1. The second-order valence-corrected chi connectivity index (χ2v) is 5.37. The number of carbonyl (C=O) groups is 1. The number of nitrogens with one attached hydrogen (secondary N) is 1. The van der Waals surface area contributed by atoms with Crippen molar-refractivity contribution in [2.45, 2.75) is 13.1 Å². The number of aromatic carboxylic acids is 1. The predicted octanol–water partition coefficient (Wildman–Crippen LogP) is 4.51. The van der Waals surface area contributed by atoms with Gasteiger partial charge in [-0.25, -0.2) is 9.78 Å². The molecule has 9 heteroatoms. The Labute approximate surface area is 145 Å². The highest BCUT2D eigenvalue weighted by atomic mass is 19.4. The predicted molar refractivity (Wildman–Crippen MR) is 86.2 cm³/mol. The molecular weight excluding hydrogens is 351 g/mol. The van der Waals surface area contributed by atoms with E-state index in [2.05, 4.69) is 15.3 Å². The van der Waals surface area contributed by atoms with Crippen LogP contribution in [-0.4, -0.2) is 21.0 Å². The molecule has 0 fully saturated rings. The lowest BCUT2D eigenvalue weighted by Crippen LogP contribution is -2.03. The highest BCUT2D eigenvalue weighted by molar-refractivity contribution is 5.85. The topological polar surface area (TPSA) is 88.2 Å². The SMILES string of the molecule is Cc1nc(Nc2ccc(C(=O)O)nc2)oc1-c1ccc(C(F)(F)F)cc1. The van der Waals surface area contributed by atoms with Crippen molar-refractivity contribution in [3.05, 3.63) is 59.5 Å². The molecule has 0 aliphatic heterocycles. The molecule has 2 aromatic heterocycles. The van der Waals surface area contributed by atoms with E-state index in [0.29, 0.717) is 22.7 Å². The molecular formula is C17H12F3N3O3.